The first-order chi connectivity index (χ1) is 17.2. The van der Waals surface area contributed by atoms with Gasteiger partial charge in [0.25, 0.3) is 5.91 Å². The van der Waals surface area contributed by atoms with Gasteiger partial charge in [-0.15, -0.1) is 10.2 Å². The molecule has 2 aromatic rings. The minimum atomic E-state index is -0.115. The Balaban J connectivity index is 1.35. The average molecular weight is 480 g/mol. The number of hydrogen-bond donors (Lipinski definition) is 0. The minimum Gasteiger partial charge on any atom is -0.492 e. The SMILES string of the molecule is O=C(c1nnc2n1CCCCC2)N1CCCC(=O)N2CCCCC2CCc2cccc(c2)OCC1. The molecule has 1 aromatic carbocycles. The molecule has 4 heterocycles. The van der Waals surface area contributed by atoms with Gasteiger partial charge in [0.15, 0.2) is 0 Å². The molecule has 1 aromatic heterocycles. The van der Waals surface area contributed by atoms with E-state index in [1.165, 1.54) is 12.0 Å². The molecule has 188 valence electrons. The first kappa shape index (κ1) is 23.8. The Morgan fingerprint density at radius 1 is 0.886 bits per heavy atom. The summed E-state index contributed by atoms with van der Waals surface area (Å²) >= 11 is 0. The highest BCUT2D eigenvalue weighted by atomic mass is 16.5. The van der Waals surface area contributed by atoms with E-state index in [2.05, 4.69) is 27.2 Å². The Hall–Kier alpha value is -2.90. The van der Waals surface area contributed by atoms with Gasteiger partial charge in [-0.3, -0.25) is 9.59 Å². The van der Waals surface area contributed by atoms with Crippen molar-refractivity contribution in [2.75, 3.05) is 26.2 Å². The number of carbonyl (C=O) groups excluding carboxylic acids is 2. The van der Waals surface area contributed by atoms with Crippen LogP contribution in [0.25, 0.3) is 0 Å². The standard InChI is InChI=1S/C27H37N5O3/c33-25-12-7-15-30(27(34)26-29-28-24-11-2-1-4-17-32(24)26)18-19-35-23-10-6-8-21(20-23)13-14-22-9-3-5-16-31(22)25/h6,8,10,20,22H,1-5,7,9,11-19H2. The third-order valence-electron chi connectivity index (χ3n) is 7.65. The second kappa shape index (κ2) is 11.2. The summed E-state index contributed by atoms with van der Waals surface area (Å²) < 4.78 is 8.07. The predicted octanol–water partition coefficient (Wildman–Crippen LogP) is 3.63. The fourth-order valence-electron chi connectivity index (χ4n) is 5.69. The minimum absolute atomic E-state index is 0.115. The van der Waals surface area contributed by atoms with Gasteiger partial charge in [0.1, 0.15) is 18.2 Å². The van der Waals surface area contributed by atoms with Gasteiger partial charge in [-0.25, -0.2) is 0 Å². The molecular formula is C27H37N5O3. The summed E-state index contributed by atoms with van der Waals surface area (Å²) in [6.45, 7) is 3.00. The number of aryl methyl sites for hydroxylation is 2. The fourth-order valence-corrected chi connectivity index (χ4v) is 5.69. The van der Waals surface area contributed by atoms with Gasteiger partial charge in [-0.05, 0) is 69.1 Å². The fraction of sp³-hybridized carbons (Fsp3) is 0.630. The zero-order valence-electron chi connectivity index (χ0n) is 20.7. The van der Waals surface area contributed by atoms with Crippen LogP contribution in [0.2, 0.25) is 0 Å². The van der Waals surface area contributed by atoms with Crippen LogP contribution in [0, 0.1) is 0 Å². The maximum Gasteiger partial charge on any atom is 0.291 e. The number of carbonyl (C=O) groups is 2. The topological polar surface area (TPSA) is 80.6 Å². The average Bonchev–Trinajstić information content (AvgIpc) is 3.13. The molecule has 2 amide bonds. The Morgan fingerprint density at radius 3 is 2.74 bits per heavy atom. The lowest BCUT2D eigenvalue weighted by Gasteiger charge is -2.36. The van der Waals surface area contributed by atoms with E-state index in [4.69, 9.17) is 4.74 Å². The van der Waals surface area contributed by atoms with E-state index in [1.54, 1.807) is 4.90 Å². The molecule has 1 saturated heterocycles. The number of rotatable bonds is 1. The van der Waals surface area contributed by atoms with Crippen LogP contribution >= 0.6 is 0 Å². The molecule has 0 radical (unpaired) electrons. The van der Waals surface area contributed by atoms with Crippen LogP contribution in [-0.2, 0) is 24.2 Å². The Morgan fingerprint density at radius 2 is 1.80 bits per heavy atom. The second-order valence-corrected chi connectivity index (χ2v) is 10.1. The molecule has 35 heavy (non-hydrogen) atoms. The zero-order chi connectivity index (χ0) is 24.0. The number of hydrogen-bond acceptors (Lipinski definition) is 5. The highest BCUT2D eigenvalue weighted by molar-refractivity contribution is 5.90. The number of benzene rings is 1. The van der Waals surface area contributed by atoms with E-state index in [9.17, 15) is 9.59 Å². The number of nitrogens with zero attached hydrogens (tertiary/aromatic N) is 5. The van der Waals surface area contributed by atoms with Crippen LogP contribution in [0.3, 0.4) is 0 Å². The van der Waals surface area contributed by atoms with Crippen molar-refractivity contribution < 1.29 is 14.3 Å². The second-order valence-electron chi connectivity index (χ2n) is 10.1. The number of amides is 2. The molecule has 5 rings (SSSR count). The summed E-state index contributed by atoms with van der Waals surface area (Å²) in [7, 11) is 0. The molecule has 0 N–H and O–H groups in total. The summed E-state index contributed by atoms with van der Waals surface area (Å²) in [6, 6.07) is 8.53. The third kappa shape index (κ3) is 5.68. The highest BCUT2D eigenvalue weighted by Gasteiger charge is 2.28. The molecule has 0 saturated carbocycles. The summed E-state index contributed by atoms with van der Waals surface area (Å²) in [5.41, 5.74) is 1.23. The van der Waals surface area contributed by atoms with Gasteiger partial charge >= 0.3 is 0 Å². The molecule has 1 atom stereocenters. The summed E-state index contributed by atoms with van der Waals surface area (Å²) in [4.78, 5) is 30.7. The van der Waals surface area contributed by atoms with Gasteiger partial charge in [-0.2, -0.15) is 0 Å². The van der Waals surface area contributed by atoms with E-state index in [0.717, 1.165) is 76.0 Å². The Bertz CT molecular complexity index is 1040. The maximum absolute atomic E-state index is 13.6. The molecule has 8 heteroatoms. The van der Waals surface area contributed by atoms with Crippen molar-refractivity contribution in [2.45, 2.75) is 83.2 Å². The van der Waals surface area contributed by atoms with Crippen molar-refractivity contribution in [3.63, 3.8) is 0 Å². The van der Waals surface area contributed by atoms with Gasteiger partial charge < -0.3 is 19.1 Å². The summed E-state index contributed by atoms with van der Waals surface area (Å²) in [5.74, 6) is 2.26. The monoisotopic (exact) mass is 479 g/mol. The Labute approximate surface area is 207 Å². The van der Waals surface area contributed by atoms with Gasteiger partial charge in [-0.1, -0.05) is 18.6 Å². The van der Waals surface area contributed by atoms with Crippen molar-refractivity contribution in [3.8, 4) is 5.75 Å². The first-order valence-corrected chi connectivity index (χ1v) is 13.4. The van der Waals surface area contributed by atoms with E-state index >= 15 is 0 Å². The smallest absolute Gasteiger partial charge is 0.291 e. The van der Waals surface area contributed by atoms with Crippen LogP contribution in [-0.4, -0.2) is 68.7 Å². The molecule has 1 unspecified atom stereocenters. The van der Waals surface area contributed by atoms with Crippen molar-refractivity contribution >= 4 is 11.8 Å². The number of ether oxygens (including phenoxy) is 1. The van der Waals surface area contributed by atoms with Gasteiger partial charge in [0.05, 0.1) is 6.54 Å². The van der Waals surface area contributed by atoms with Crippen molar-refractivity contribution in [3.05, 3.63) is 41.5 Å². The van der Waals surface area contributed by atoms with Gasteiger partial charge in [0.2, 0.25) is 11.7 Å². The van der Waals surface area contributed by atoms with Crippen LogP contribution in [0.1, 0.15) is 79.8 Å². The molecule has 1 fully saturated rings. The largest absolute Gasteiger partial charge is 0.492 e. The number of aromatic nitrogens is 3. The molecule has 3 aliphatic rings. The van der Waals surface area contributed by atoms with E-state index in [1.807, 2.05) is 16.7 Å². The number of piperidine rings is 1. The molecular weight excluding hydrogens is 442 g/mol. The van der Waals surface area contributed by atoms with Crippen molar-refractivity contribution in [1.82, 2.24) is 24.6 Å². The molecule has 2 bridgehead atoms. The summed E-state index contributed by atoms with van der Waals surface area (Å²) in [6.07, 6.45) is 10.5. The van der Waals surface area contributed by atoms with E-state index < -0.39 is 0 Å². The highest BCUT2D eigenvalue weighted by Crippen LogP contribution is 2.24. The molecule has 3 aliphatic heterocycles. The lowest BCUT2D eigenvalue weighted by atomic mass is 9.95. The molecule has 0 spiro atoms. The van der Waals surface area contributed by atoms with E-state index in [0.29, 0.717) is 44.4 Å². The van der Waals surface area contributed by atoms with Crippen molar-refractivity contribution in [2.24, 2.45) is 0 Å². The van der Waals surface area contributed by atoms with Gasteiger partial charge in [0, 0.05) is 38.5 Å². The quantitative estimate of drug-likeness (QED) is 0.624. The van der Waals surface area contributed by atoms with Crippen LogP contribution in [0.5, 0.6) is 5.75 Å². The van der Waals surface area contributed by atoms with Crippen LogP contribution < -0.4 is 4.74 Å². The van der Waals surface area contributed by atoms with Crippen molar-refractivity contribution in [1.29, 1.82) is 0 Å². The first-order valence-electron chi connectivity index (χ1n) is 13.4. The molecule has 8 nitrogen and oxygen atoms in total. The summed E-state index contributed by atoms with van der Waals surface area (Å²) in [5, 5.41) is 8.59. The third-order valence-corrected chi connectivity index (χ3v) is 7.65. The van der Waals surface area contributed by atoms with Crippen LogP contribution in [0.4, 0.5) is 0 Å². The predicted molar refractivity (Wildman–Crippen MR) is 132 cm³/mol. The lowest BCUT2D eigenvalue weighted by Crippen LogP contribution is -2.44. The number of fused-ring (bicyclic) bond motifs is 4. The van der Waals surface area contributed by atoms with E-state index in [-0.39, 0.29) is 11.8 Å². The Kier molecular flexibility index (Phi) is 7.64. The normalized spacial score (nSPS) is 22.2. The maximum atomic E-state index is 13.6. The van der Waals surface area contributed by atoms with Crippen LogP contribution in [0.15, 0.2) is 24.3 Å². The lowest BCUT2D eigenvalue weighted by molar-refractivity contribution is -0.135. The zero-order valence-corrected chi connectivity index (χ0v) is 20.7. The molecule has 0 aliphatic carbocycles.